The van der Waals surface area contributed by atoms with E-state index in [9.17, 15) is 0 Å². The van der Waals surface area contributed by atoms with Gasteiger partial charge >= 0.3 is 0 Å². The van der Waals surface area contributed by atoms with E-state index in [4.69, 9.17) is 5.26 Å². The number of H-pyrrole nitrogens is 1. The summed E-state index contributed by atoms with van der Waals surface area (Å²) in [7, 11) is 0. The van der Waals surface area contributed by atoms with Crippen LogP contribution in [0.25, 0.3) is 11.4 Å². The van der Waals surface area contributed by atoms with Crippen molar-refractivity contribution in [3.05, 3.63) is 36.4 Å². The lowest BCUT2D eigenvalue weighted by Gasteiger charge is -1.94. The molecule has 1 N–H and O–H groups in total. The summed E-state index contributed by atoms with van der Waals surface area (Å²) in [5.74, 6) is 0. The minimum absolute atomic E-state index is 0.591. The molecule has 0 saturated carbocycles. The third kappa shape index (κ3) is 1.40. The predicted molar refractivity (Wildman–Crippen MR) is 46.5 cm³/mol. The molecule has 13 heavy (non-hydrogen) atoms. The molecule has 0 aliphatic carbocycles. The van der Waals surface area contributed by atoms with E-state index in [1.54, 1.807) is 30.9 Å². The molecule has 0 spiro atoms. The molecular weight excluding hydrogens is 164 g/mol. The minimum atomic E-state index is 0.591. The van der Waals surface area contributed by atoms with Crippen LogP contribution in [0.1, 0.15) is 5.56 Å². The highest BCUT2D eigenvalue weighted by Crippen LogP contribution is 2.13. The first-order chi connectivity index (χ1) is 6.40. The van der Waals surface area contributed by atoms with Crippen LogP contribution in [0.2, 0.25) is 0 Å². The fraction of sp³-hybridized carbons (Fsp3) is 0. The number of nitriles is 1. The highest BCUT2D eigenvalue weighted by molar-refractivity contribution is 5.54. The molecule has 0 atom stereocenters. The normalized spacial score (nSPS) is 9.46. The second kappa shape index (κ2) is 3.07. The van der Waals surface area contributed by atoms with E-state index in [0.717, 1.165) is 5.69 Å². The van der Waals surface area contributed by atoms with E-state index < -0.39 is 0 Å². The van der Waals surface area contributed by atoms with Gasteiger partial charge in [-0.05, 0) is 12.1 Å². The summed E-state index contributed by atoms with van der Waals surface area (Å²) in [5, 5.41) is 8.65. The zero-order valence-corrected chi connectivity index (χ0v) is 6.73. The molecule has 2 rings (SSSR count). The van der Waals surface area contributed by atoms with Crippen molar-refractivity contribution in [3.63, 3.8) is 0 Å². The van der Waals surface area contributed by atoms with Gasteiger partial charge in [0.25, 0.3) is 0 Å². The lowest BCUT2D eigenvalue weighted by Crippen LogP contribution is -1.84. The number of imidazole rings is 1. The number of aromatic nitrogens is 3. The van der Waals surface area contributed by atoms with Crippen LogP contribution in [-0.2, 0) is 0 Å². The van der Waals surface area contributed by atoms with Gasteiger partial charge in [0.15, 0.2) is 0 Å². The summed E-state index contributed by atoms with van der Waals surface area (Å²) in [6.07, 6.45) is 4.92. The van der Waals surface area contributed by atoms with Crippen molar-refractivity contribution in [3.8, 4) is 17.5 Å². The molecule has 0 aliphatic rings. The predicted octanol–water partition coefficient (Wildman–Crippen LogP) is 1.34. The van der Waals surface area contributed by atoms with Gasteiger partial charge in [-0.2, -0.15) is 5.26 Å². The largest absolute Gasteiger partial charge is 0.351 e. The first kappa shape index (κ1) is 7.50. The van der Waals surface area contributed by atoms with Crippen molar-refractivity contribution in [1.82, 2.24) is 15.0 Å². The maximum atomic E-state index is 8.65. The van der Waals surface area contributed by atoms with Crippen LogP contribution in [0.15, 0.2) is 30.9 Å². The Hall–Kier alpha value is -2.15. The van der Waals surface area contributed by atoms with Gasteiger partial charge in [-0.3, -0.25) is 4.98 Å². The molecule has 62 valence electrons. The van der Waals surface area contributed by atoms with Crippen LogP contribution in [0.3, 0.4) is 0 Å². The molecule has 0 fully saturated rings. The van der Waals surface area contributed by atoms with Gasteiger partial charge in [0, 0.05) is 12.4 Å². The molecule has 0 aromatic carbocycles. The Morgan fingerprint density at radius 2 is 2.23 bits per heavy atom. The van der Waals surface area contributed by atoms with E-state index in [0.29, 0.717) is 11.3 Å². The quantitative estimate of drug-likeness (QED) is 0.702. The summed E-state index contributed by atoms with van der Waals surface area (Å²) in [5.41, 5.74) is 2.05. The number of nitrogens with one attached hydrogen (secondary N) is 1. The lowest BCUT2D eigenvalue weighted by molar-refractivity contribution is 1.26. The Bertz CT molecular complexity index is 439. The van der Waals surface area contributed by atoms with Crippen molar-refractivity contribution >= 4 is 0 Å². The molecule has 2 heterocycles. The van der Waals surface area contributed by atoms with Crippen molar-refractivity contribution in [2.24, 2.45) is 0 Å². The van der Waals surface area contributed by atoms with Gasteiger partial charge in [0.05, 0.1) is 23.7 Å². The first-order valence-electron chi connectivity index (χ1n) is 3.75. The summed E-state index contributed by atoms with van der Waals surface area (Å²) in [6.45, 7) is 0. The Morgan fingerprint density at radius 3 is 2.92 bits per heavy atom. The van der Waals surface area contributed by atoms with E-state index in [1.807, 2.05) is 0 Å². The number of pyridine rings is 1. The molecule has 0 amide bonds. The van der Waals surface area contributed by atoms with Crippen LogP contribution in [-0.4, -0.2) is 15.0 Å². The molecule has 2 aromatic rings. The monoisotopic (exact) mass is 170 g/mol. The summed E-state index contributed by atoms with van der Waals surface area (Å²) in [4.78, 5) is 11.0. The fourth-order valence-electron chi connectivity index (χ4n) is 1.04. The van der Waals surface area contributed by atoms with E-state index in [-0.39, 0.29) is 0 Å². The van der Waals surface area contributed by atoms with Crippen molar-refractivity contribution in [2.45, 2.75) is 0 Å². The Labute approximate surface area is 74.9 Å². The zero-order chi connectivity index (χ0) is 9.10. The second-order valence-corrected chi connectivity index (χ2v) is 2.50. The van der Waals surface area contributed by atoms with Gasteiger partial charge in [-0.1, -0.05) is 0 Å². The highest BCUT2D eigenvalue weighted by Gasteiger charge is 2.00. The summed E-state index contributed by atoms with van der Waals surface area (Å²) in [6, 6.07) is 5.42. The molecule has 0 saturated heterocycles. The lowest BCUT2D eigenvalue weighted by atomic mass is 10.2. The molecule has 4 heteroatoms. The maximum Gasteiger partial charge on any atom is 0.106 e. The third-order valence-corrected chi connectivity index (χ3v) is 1.65. The third-order valence-electron chi connectivity index (χ3n) is 1.65. The van der Waals surface area contributed by atoms with Crippen LogP contribution < -0.4 is 0 Å². The van der Waals surface area contributed by atoms with Gasteiger partial charge in [-0.25, -0.2) is 4.98 Å². The number of aromatic amines is 1. The minimum Gasteiger partial charge on any atom is -0.351 e. The topological polar surface area (TPSA) is 65.4 Å². The molecule has 0 unspecified atom stereocenters. The van der Waals surface area contributed by atoms with Gasteiger partial charge in [0.2, 0.25) is 0 Å². The number of hydrogen-bond acceptors (Lipinski definition) is 3. The van der Waals surface area contributed by atoms with Crippen LogP contribution in [0, 0.1) is 11.3 Å². The van der Waals surface area contributed by atoms with E-state index in [1.165, 1.54) is 0 Å². The van der Waals surface area contributed by atoms with Gasteiger partial charge < -0.3 is 4.98 Å². The smallest absolute Gasteiger partial charge is 0.106 e. The Morgan fingerprint density at radius 1 is 1.31 bits per heavy atom. The molecule has 0 radical (unpaired) electrons. The Balaban J connectivity index is 2.49. The van der Waals surface area contributed by atoms with Crippen LogP contribution >= 0.6 is 0 Å². The number of hydrogen-bond donors (Lipinski definition) is 1. The molecule has 0 aliphatic heterocycles. The van der Waals surface area contributed by atoms with E-state index in [2.05, 4.69) is 21.0 Å². The molecule has 2 aromatic heterocycles. The SMILES string of the molecule is N#Cc1ccnc(-c2c[nH]cn2)c1. The molecule has 0 bridgehead atoms. The van der Waals surface area contributed by atoms with Crippen molar-refractivity contribution in [1.29, 1.82) is 5.26 Å². The summed E-state index contributed by atoms with van der Waals surface area (Å²) >= 11 is 0. The number of nitrogens with zero attached hydrogens (tertiary/aromatic N) is 3. The molecule has 4 nitrogen and oxygen atoms in total. The van der Waals surface area contributed by atoms with Crippen molar-refractivity contribution < 1.29 is 0 Å². The fourth-order valence-corrected chi connectivity index (χ4v) is 1.04. The second-order valence-electron chi connectivity index (χ2n) is 2.50. The van der Waals surface area contributed by atoms with Crippen LogP contribution in [0.4, 0.5) is 0 Å². The van der Waals surface area contributed by atoms with Gasteiger partial charge in [0.1, 0.15) is 5.69 Å². The van der Waals surface area contributed by atoms with E-state index >= 15 is 0 Å². The standard InChI is InChI=1S/C9H6N4/c10-4-7-1-2-12-8(3-7)9-5-11-6-13-9/h1-3,5-6H,(H,11,13). The van der Waals surface area contributed by atoms with Crippen LogP contribution in [0.5, 0.6) is 0 Å². The maximum absolute atomic E-state index is 8.65. The average Bonchev–Trinajstić information content (AvgIpc) is 2.71. The highest BCUT2D eigenvalue weighted by atomic mass is 14.9. The van der Waals surface area contributed by atoms with Crippen molar-refractivity contribution in [2.75, 3.05) is 0 Å². The first-order valence-corrected chi connectivity index (χ1v) is 3.75. The average molecular weight is 170 g/mol. The van der Waals surface area contributed by atoms with Gasteiger partial charge in [-0.15, -0.1) is 0 Å². The number of rotatable bonds is 1. The Kier molecular flexibility index (Phi) is 1.77. The molecular formula is C9H6N4. The summed E-state index contributed by atoms with van der Waals surface area (Å²) < 4.78 is 0. The zero-order valence-electron chi connectivity index (χ0n) is 6.73.